The van der Waals surface area contributed by atoms with Gasteiger partial charge in [-0.05, 0) is 6.42 Å². The first-order valence-corrected chi connectivity index (χ1v) is 6.05. The maximum atomic E-state index is 10.1. The van der Waals surface area contributed by atoms with Gasteiger partial charge in [0, 0.05) is 6.42 Å². The first-order valence-electron chi connectivity index (χ1n) is 6.05. The molecule has 0 aliphatic heterocycles. The molecule has 0 unspecified atom stereocenters. The van der Waals surface area contributed by atoms with Crippen LogP contribution in [0.25, 0.3) is 0 Å². The Kier molecular flexibility index (Phi) is 15.2. The Balaban J connectivity index is 0. The van der Waals surface area contributed by atoms with E-state index < -0.39 is 5.97 Å². The van der Waals surface area contributed by atoms with E-state index in [4.69, 9.17) is 5.11 Å². The van der Waals surface area contributed by atoms with Crippen LogP contribution in [0.15, 0.2) is 12.3 Å². The second-order valence-electron chi connectivity index (χ2n) is 3.97. The molecule has 16 heavy (non-hydrogen) atoms. The summed E-state index contributed by atoms with van der Waals surface area (Å²) in [6.45, 7) is 6.62. The van der Waals surface area contributed by atoms with Crippen LogP contribution >= 0.6 is 0 Å². The van der Waals surface area contributed by atoms with Crippen LogP contribution < -0.4 is 5.11 Å². The van der Waals surface area contributed by atoms with Crippen LogP contribution in [-0.4, -0.2) is 11.1 Å². The summed E-state index contributed by atoms with van der Waals surface area (Å²) < 4.78 is 0. The molecule has 1 N–H and O–H groups in total. The molecule has 0 aliphatic rings. The van der Waals surface area contributed by atoms with Crippen LogP contribution in [0.1, 0.15) is 65.2 Å². The van der Waals surface area contributed by atoms with Crippen molar-refractivity contribution >= 4 is 5.97 Å². The molecule has 0 aliphatic carbocycles. The van der Waals surface area contributed by atoms with E-state index in [9.17, 15) is 9.90 Å². The minimum Gasteiger partial charge on any atom is -0.876 e. The van der Waals surface area contributed by atoms with Gasteiger partial charge in [0.2, 0.25) is 0 Å². The molecule has 96 valence electrons. The molecule has 0 aromatic carbocycles. The molecule has 0 bridgehead atoms. The minimum absolute atomic E-state index is 0.0833. The van der Waals surface area contributed by atoms with Crippen molar-refractivity contribution in [2.75, 3.05) is 0 Å². The molecule has 0 amide bonds. The topological polar surface area (TPSA) is 60.4 Å². The molecule has 0 aromatic heterocycles. The first-order chi connectivity index (χ1) is 7.50. The normalized spacial score (nSPS) is 9.12. The van der Waals surface area contributed by atoms with E-state index in [0.29, 0.717) is 6.42 Å². The Labute approximate surface area is 99.2 Å². The molecule has 0 rings (SSSR count). The van der Waals surface area contributed by atoms with Crippen LogP contribution in [-0.2, 0) is 4.79 Å². The quantitative estimate of drug-likeness (QED) is 0.514. The van der Waals surface area contributed by atoms with Gasteiger partial charge in [-0.1, -0.05) is 52.4 Å². The zero-order valence-corrected chi connectivity index (χ0v) is 10.6. The van der Waals surface area contributed by atoms with E-state index >= 15 is 0 Å². The fraction of sp³-hybridized carbons (Fsp3) is 0.769. The number of rotatable bonds is 8. The van der Waals surface area contributed by atoms with Crippen molar-refractivity contribution < 1.29 is 15.0 Å². The maximum absolute atomic E-state index is 10.1. The van der Waals surface area contributed by atoms with Crippen molar-refractivity contribution in [3.05, 3.63) is 12.3 Å². The van der Waals surface area contributed by atoms with E-state index in [-0.39, 0.29) is 5.76 Å². The summed E-state index contributed by atoms with van der Waals surface area (Å²) in [6, 6.07) is 0. The van der Waals surface area contributed by atoms with Crippen molar-refractivity contribution in [1.82, 2.24) is 0 Å². The monoisotopic (exact) mass is 229 g/mol. The zero-order chi connectivity index (χ0) is 12.8. The summed E-state index contributed by atoms with van der Waals surface area (Å²) in [5.74, 6) is -0.747. The van der Waals surface area contributed by atoms with Gasteiger partial charge in [-0.15, -0.1) is 12.3 Å². The third-order valence-corrected chi connectivity index (χ3v) is 1.99. The molecular formula is C13H25O3-. The zero-order valence-electron chi connectivity index (χ0n) is 10.6. The van der Waals surface area contributed by atoms with Gasteiger partial charge < -0.3 is 10.2 Å². The fourth-order valence-electron chi connectivity index (χ4n) is 1.23. The van der Waals surface area contributed by atoms with Crippen LogP contribution in [0, 0.1) is 0 Å². The van der Waals surface area contributed by atoms with Crippen molar-refractivity contribution in [3.63, 3.8) is 0 Å². The lowest BCUT2D eigenvalue weighted by molar-refractivity contribution is -0.300. The van der Waals surface area contributed by atoms with Crippen LogP contribution in [0.3, 0.4) is 0 Å². The Hall–Kier alpha value is -0.990. The number of hydrogen-bond acceptors (Lipinski definition) is 2. The largest absolute Gasteiger partial charge is 0.876 e. The van der Waals surface area contributed by atoms with Crippen LogP contribution in [0.4, 0.5) is 0 Å². The minimum atomic E-state index is -0.663. The van der Waals surface area contributed by atoms with Crippen molar-refractivity contribution in [2.24, 2.45) is 0 Å². The number of carboxylic acid groups (broad SMARTS) is 1. The molecular weight excluding hydrogens is 204 g/mol. The lowest BCUT2D eigenvalue weighted by Crippen LogP contribution is -1.93. The van der Waals surface area contributed by atoms with E-state index in [1.54, 1.807) is 0 Å². The molecule has 0 radical (unpaired) electrons. The number of carbonyl (C=O) groups is 1. The summed E-state index contributed by atoms with van der Waals surface area (Å²) in [5, 5.41) is 17.7. The van der Waals surface area contributed by atoms with Crippen molar-refractivity contribution in [3.8, 4) is 0 Å². The molecule has 0 heterocycles. The number of allylic oxidation sites excluding steroid dienone is 1. The molecule has 3 nitrogen and oxygen atoms in total. The molecule has 0 saturated carbocycles. The number of carboxylic acids is 1. The van der Waals surface area contributed by atoms with Crippen LogP contribution in [0.5, 0.6) is 0 Å². The predicted octanol–water partition coefficient (Wildman–Crippen LogP) is 3.09. The fourth-order valence-corrected chi connectivity index (χ4v) is 1.23. The highest BCUT2D eigenvalue weighted by Crippen LogP contribution is 2.07. The highest BCUT2D eigenvalue weighted by Gasteiger charge is 1.95. The average molecular weight is 229 g/mol. The third-order valence-electron chi connectivity index (χ3n) is 1.99. The van der Waals surface area contributed by atoms with Crippen LogP contribution in [0.2, 0.25) is 0 Å². The number of aliphatic carboxylic acids is 1. The Morgan fingerprint density at radius 1 is 1.12 bits per heavy atom. The molecule has 0 fully saturated rings. The van der Waals surface area contributed by atoms with Gasteiger partial charge in [0.15, 0.2) is 0 Å². The first kappa shape index (κ1) is 17.4. The van der Waals surface area contributed by atoms with E-state index in [1.165, 1.54) is 39.0 Å². The Bertz CT molecular complexity index is 172. The van der Waals surface area contributed by atoms with E-state index in [0.717, 1.165) is 12.8 Å². The summed E-state index contributed by atoms with van der Waals surface area (Å²) in [4.78, 5) is 10.1. The summed E-state index contributed by atoms with van der Waals surface area (Å²) >= 11 is 0. The molecule has 0 saturated heterocycles. The number of unbranched alkanes of at least 4 members (excludes halogenated alkanes) is 6. The van der Waals surface area contributed by atoms with Gasteiger partial charge >= 0.3 is 5.97 Å². The second-order valence-corrected chi connectivity index (χ2v) is 3.97. The van der Waals surface area contributed by atoms with Gasteiger partial charge in [-0.25, -0.2) is 0 Å². The highest BCUT2D eigenvalue weighted by molar-refractivity contribution is 5.66. The summed E-state index contributed by atoms with van der Waals surface area (Å²) in [5.41, 5.74) is 0. The number of hydrogen-bond donors (Lipinski definition) is 1. The summed E-state index contributed by atoms with van der Waals surface area (Å²) in [7, 11) is 0. The van der Waals surface area contributed by atoms with E-state index in [2.05, 4.69) is 13.5 Å². The van der Waals surface area contributed by atoms with Crippen molar-refractivity contribution in [1.29, 1.82) is 0 Å². The molecule has 0 aromatic rings. The lowest BCUT2D eigenvalue weighted by Gasteiger charge is -1.98. The van der Waals surface area contributed by atoms with Gasteiger partial charge in [0.05, 0.1) is 0 Å². The average Bonchev–Trinajstić information content (AvgIpc) is 2.15. The van der Waals surface area contributed by atoms with Gasteiger partial charge in [0.25, 0.3) is 0 Å². The van der Waals surface area contributed by atoms with Gasteiger partial charge in [0.1, 0.15) is 0 Å². The molecule has 3 heteroatoms. The Morgan fingerprint density at radius 2 is 1.50 bits per heavy atom. The molecule has 0 atom stereocenters. The SMILES string of the molecule is C=C(C)[O-].CCCCCCCCCC(=O)O. The predicted molar refractivity (Wildman–Crippen MR) is 65.1 cm³/mol. The standard InChI is InChI=1S/C10H20O2.C3H6O/c1-2-3-4-5-6-7-8-9-10(11)12;1-3(2)4/h2-9H2,1H3,(H,11,12);4H,1H2,2H3/p-1. The Morgan fingerprint density at radius 3 is 1.88 bits per heavy atom. The van der Waals surface area contributed by atoms with Crippen molar-refractivity contribution in [2.45, 2.75) is 65.2 Å². The van der Waals surface area contributed by atoms with Gasteiger partial charge in [-0.2, -0.15) is 0 Å². The highest BCUT2D eigenvalue weighted by atomic mass is 16.4. The third kappa shape index (κ3) is 29.2. The lowest BCUT2D eigenvalue weighted by atomic mass is 10.1. The maximum Gasteiger partial charge on any atom is 0.303 e. The smallest absolute Gasteiger partial charge is 0.303 e. The summed E-state index contributed by atoms with van der Waals surface area (Å²) in [6.07, 6.45) is 8.64. The second kappa shape index (κ2) is 14.0. The van der Waals surface area contributed by atoms with Gasteiger partial charge in [-0.3, -0.25) is 4.79 Å². The molecule has 0 spiro atoms. The van der Waals surface area contributed by atoms with E-state index in [1.807, 2.05) is 0 Å².